The molecule has 0 spiro atoms. The molecule has 2 nitrogen and oxygen atoms in total. The summed E-state index contributed by atoms with van der Waals surface area (Å²) in [5.74, 6) is 2.59. The summed E-state index contributed by atoms with van der Waals surface area (Å²) >= 11 is 12.1. The number of benzene rings is 1. The molecule has 0 saturated heterocycles. The predicted molar refractivity (Wildman–Crippen MR) is 94.0 cm³/mol. The molecule has 124 valence electrons. The Hall–Kier alpha value is -0.730. The van der Waals surface area contributed by atoms with E-state index in [1.807, 2.05) is 0 Å². The molecule has 1 amide bonds. The first kappa shape index (κ1) is 15.8. The van der Waals surface area contributed by atoms with Crippen LogP contribution in [0.5, 0.6) is 0 Å². The van der Waals surface area contributed by atoms with E-state index in [9.17, 15) is 4.79 Å². The van der Waals surface area contributed by atoms with Gasteiger partial charge in [-0.15, -0.1) is 0 Å². The SMILES string of the molecule is C[C@@H](NC(=O)c1ccc(Cl)cc1Cl)C12CC3CC(CC(C3)C1)C2. The summed E-state index contributed by atoms with van der Waals surface area (Å²) < 4.78 is 0. The number of amides is 1. The van der Waals surface area contributed by atoms with E-state index in [4.69, 9.17) is 23.2 Å². The van der Waals surface area contributed by atoms with Gasteiger partial charge in [-0.05, 0) is 86.8 Å². The van der Waals surface area contributed by atoms with Gasteiger partial charge in [-0.25, -0.2) is 0 Å². The third kappa shape index (κ3) is 2.78. The van der Waals surface area contributed by atoms with Crippen LogP contribution in [0.2, 0.25) is 10.0 Å². The molecule has 1 aromatic rings. The van der Waals surface area contributed by atoms with Gasteiger partial charge in [-0.3, -0.25) is 4.79 Å². The summed E-state index contributed by atoms with van der Waals surface area (Å²) in [6.45, 7) is 2.19. The summed E-state index contributed by atoms with van der Waals surface area (Å²) in [4.78, 5) is 12.6. The molecular formula is C19H23Cl2NO. The van der Waals surface area contributed by atoms with Crippen molar-refractivity contribution in [2.75, 3.05) is 0 Å². The smallest absolute Gasteiger partial charge is 0.253 e. The molecule has 0 aromatic heterocycles. The number of hydrogen-bond donors (Lipinski definition) is 1. The highest BCUT2D eigenvalue weighted by Crippen LogP contribution is 2.61. The van der Waals surface area contributed by atoms with Crippen LogP contribution in [0.1, 0.15) is 55.8 Å². The first-order chi connectivity index (χ1) is 10.9. The van der Waals surface area contributed by atoms with Gasteiger partial charge in [0.05, 0.1) is 10.6 Å². The fourth-order valence-corrected chi connectivity index (χ4v) is 6.30. The summed E-state index contributed by atoms with van der Waals surface area (Å²) in [6.07, 6.45) is 8.12. The lowest BCUT2D eigenvalue weighted by atomic mass is 9.48. The molecule has 23 heavy (non-hydrogen) atoms. The molecule has 0 unspecified atom stereocenters. The van der Waals surface area contributed by atoms with Crippen molar-refractivity contribution in [2.45, 2.75) is 51.5 Å². The van der Waals surface area contributed by atoms with Gasteiger partial charge in [0.1, 0.15) is 0 Å². The second kappa shape index (κ2) is 5.67. The van der Waals surface area contributed by atoms with E-state index >= 15 is 0 Å². The van der Waals surface area contributed by atoms with Gasteiger partial charge in [0.25, 0.3) is 5.91 Å². The normalized spacial score (nSPS) is 36.0. The van der Waals surface area contributed by atoms with Crippen LogP contribution in [-0.4, -0.2) is 11.9 Å². The zero-order valence-corrected chi connectivity index (χ0v) is 15.0. The number of hydrogen-bond acceptors (Lipinski definition) is 1. The van der Waals surface area contributed by atoms with E-state index in [0.717, 1.165) is 17.8 Å². The summed E-state index contributed by atoms with van der Waals surface area (Å²) in [6, 6.07) is 5.27. The topological polar surface area (TPSA) is 29.1 Å². The number of rotatable bonds is 3. The van der Waals surface area contributed by atoms with Gasteiger partial charge < -0.3 is 5.32 Å². The van der Waals surface area contributed by atoms with Crippen molar-refractivity contribution in [1.82, 2.24) is 5.32 Å². The van der Waals surface area contributed by atoms with E-state index in [0.29, 0.717) is 21.0 Å². The molecule has 4 heteroatoms. The number of carbonyl (C=O) groups excluding carboxylic acids is 1. The van der Waals surface area contributed by atoms with Crippen molar-refractivity contribution in [3.8, 4) is 0 Å². The Bertz CT molecular complexity index is 607. The van der Waals surface area contributed by atoms with Crippen molar-refractivity contribution in [3.63, 3.8) is 0 Å². The standard InChI is InChI=1S/C19H23Cl2NO/c1-11(22-18(23)16-3-2-15(20)7-17(16)21)19-8-12-4-13(9-19)6-14(5-12)10-19/h2-3,7,11-14H,4-6,8-10H2,1H3,(H,22,23)/t11-,12?,13?,14?,19?/m1/s1. The molecular weight excluding hydrogens is 329 g/mol. The third-order valence-corrected chi connectivity index (χ3v) is 7.08. The highest BCUT2D eigenvalue weighted by atomic mass is 35.5. The minimum absolute atomic E-state index is 0.0742. The summed E-state index contributed by atoms with van der Waals surface area (Å²) in [5, 5.41) is 4.23. The molecule has 1 N–H and O–H groups in total. The molecule has 4 fully saturated rings. The fourth-order valence-electron chi connectivity index (χ4n) is 5.81. The number of nitrogens with one attached hydrogen (secondary N) is 1. The van der Waals surface area contributed by atoms with Crippen molar-refractivity contribution < 1.29 is 4.79 Å². The van der Waals surface area contributed by atoms with E-state index in [-0.39, 0.29) is 11.9 Å². The molecule has 4 bridgehead atoms. The van der Waals surface area contributed by atoms with Crippen LogP contribution in [0.15, 0.2) is 18.2 Å². The largest absolute Gasteiger partial charge is 0.349 e. The van der Waals surface area contributed by atoms with Crippen LogP contribution in [-0.2, 0) is 0 Å². The zero-order valence-electron chi connectivity index (χ0n) is 13.4. The highest BCUT2D eigenvalue weighted by Gasteiger charge is 2.53. The van der Waals surface area contributed by atoms with Crippen LogP contribution in [0.25, 0.3) is 0 Å². The Morgan fingerprint density at radius 3 is 2.22 bits per heavy atom. The molecule has 4 aliphatic carbocycles. The van der Waals surface area contributed by atoms with Gasteiger partial charge in [-0.1, -0.05) is 23.2 Å². The highest BCUT2D eigenvalue weighted by molar-refractivity contribution is 6.36. The maximum Gasteiger partial charge on any atom is 0.253 e. The third-order valence-electron chi connectivity index (χ3n) is 6.53. The molecule has 0 heterocycles. The predicted octanol–water partition coefficient (Wildman–Crippen LogP) is 5.33. The van der Waals surface area contributed by atoms with Gasteiger partial charge in [0.15, 0.2) is 0 Å². The number of carbonyl (C=O) groups is 1. The minimum atomic E-state index is -0.0742. The minimum Gasteiger partial charge on any atom is -0.349 e. The average molecular weight is 352 g/mol. The fraction of sp³-hybridized carbons (Fsp3) is 0.632. The molecule has 5 rings (SSSR count). The van der Waals surface area contributed by atoms with Crippen molar-refractivity contribution in [1.29, 1.82) is 0 Å². The molecule has 1 atom stereocenters. The molecule has 0 radical (unpaired) electrons. The molecule has 1 aromatic carbocycles. The van der Waals surface area contributed by atoms with E-state index in [1.54, 1.807) is 18.2 Å². The first-order valence-corrected chi connectivity index (χ1v) is 9.47. The van der Waals surface area contributed by atoms with Crippen LogP contribution >= 0.6 is 23.2 Å². The Morgan fingerprint density at radius 2 is 1.70 bits per heavy atom. The maximum atomic E-state index is 12.6. The maximum absolute atomic E-state index is 12.6. The Labute approximate surface area is 147 Å². The summed E-state index contributed by atoms with van der Waals surface area (Å²) in [5.41, 5.74) is 0.830. The lowest BCUT2D eigenvalue weighted by Gasteiger charge is -2.59. The van der Waals surface area contributed by atoms with Crippen LogP contribution in [0.4, 0.5) is 0 Å². The van der Waals surface area contributed by atoms with E-state index in [2.05, 4.69) is 12.2 Å². The molecule has 4 saturated carbocycles. The zero-order chi connectivity index (χ0) is 16.2. The second-order valence-corrected chi connectivity index (χ2v) is 8.94. The van der Waals surface area contributed by atoms with Crippen LogP contribution < -0.4 is 5.32 Å². The van der Waals surface area contributed by atoms with Crippen LogP contribution in [0, 0.1) is 23.2 Å². The first-order valence-electron chi connectivity index (χ1n) is 8.71. The van der Waals surface area contributed by atoms with Crippen molar-refractivity contribution in [2.24, 2.45) is 23.2 Å². The van der Waals surface area contributed by atoms with Crippen LogP contribution in [0.3, 0.4) is 0 Å². The van der Waals surface area contributed by atoms with Crippen molar-refractivity contribution in [3.05, 3.63) is 33.8 Å². The van der Waals surface area contributed by atoms with Gasteiger partial charge in [0, 0.05) is 11.1 Å². The quantitative estimate of drug-likeness (QED) is 0.783. The van der Waals surface area contributed by atoms with Gasteiger partial charge in [0.2, 0.25) is 0 Å². The Morgan fingerprint density at radius 1 is 1.13 bits per heavy atom. The van der Waals surface area contributed by atoms with Gasteiger partial charge >= 0.3 is 0 Å². The molecule has 0 aliphatic heterocycles. The summed E-state index contributed by atoms with van der Waals surface area (Å²) in [7, 11) is 0. The van der Waals surface area contributed by atoms with E-state index < -0.39 is 0 Å². The monoisotopic (exact) mass is 351 g/mol. The van der Waals surface area contributed by atoms with Gasteiger partial charge in [-0.2, -0.15) is 0 Å². The number of halogens is 2. The average Bonchev–Trinajstić information content (AvgIpc) is 2.45. The lowest BCUT2D eigenvalue weighted by Crippen LogP contribution is -2.55. The second-order valence-electron chi connectivity index (χ2n) is 8.10. The lowest BCUT2D eigenvalue weighted by molar-refractivity contribution is -0.0688. The molecule has 4 aliphatic rings. The van der Waals surface area contributed by atoms with Crippen molar-refractivity contribution >= 4 is 29.1 Å². The van der Waals surface area contributed by atoms with E-state index in [1.165, 1.54) is 38.5 Å². The Balaban J connectivity index is 1.51. The Kier molecular flexibility index (Phi) is 3.89.